The van der Waals surface area contributed by atoms with E-state index >= 15 is 0 Å². The number of hydrogen-bond acceptors (Lipinski definition) is 29. The predicted molar refractivity (Wildman–Crippen MR) is 446 cm³/mol. The van der Waals surface area contributed by atoms with E-state index in [1.165, 1.54) is 12.2 Å². The number of nitrogens with one attached hydrogen (secondary N) is 4. The van der Waals surface area contributed by atoms with Crippen LogP contribution in [0.3, 0.4) is 0 Å². The van der Waals surface area contributed by atoms with E-state index < -0.39 is 111 Å². The number of allylic oxidation sites excluding steroid dienone is 2. The third-order valence-electron chi connectivity index (χ3n) is 24.9. The number of methoxy groups -OCH3 is 6. The number of hydroxylamine groups is 2. The lowest BCUT2D eigenvalue weighted by Crippen LogP contribution is -2.60. The normalized spacial score (nSPS) is 37.3. The Morgan fingerprint density at radius 2 is 1.14 bits per heavy atom. The van der Waals surface area contributed by atoms with Gasteiger partial charge in [0.2, 0.25) is 12.2 Å². The number of esters is 1. The lowest BCUT2D eigenvalue weighted by atomic mass is 9.71. The number of carbonyl (C=O) groups excluding carboxylic acids is 5. The van der Waals surface area contributed by atoms with Crippen molar-refractivity contribution in [1.29, 1.82) is 0 Å². The molecule has 28 atom stereocenters. The van der Waals surface area contributed by atoms with Crippen LogP contribution in [-0.4, -0.2) is 265 Å². The van der Waals surface area contributed by atoms with Gasteiger partial charge in [0.25, 0.3) is 0 Å². The smallest absolute Gasteiger partial charge is 0.338 e. The first-order valence-electron chi connectivity index (χ1n) is 43.1. The van der Waals surface area contributed by atoms with Gasteiger partial charge in [-0.1, -0.05) is 117 Å². The van der Waals surface area contributed by atoms with Gasteiger partial charge in [0, 0.05) is 106 Å². The molecule has 0 saturated carbocycles. The highest BCUT2D eigenvalue weighted by atomic mass is 28.4. The largest absolute Gasteiger partial charge is 0.462 e. The lowest BCUT2D eigenvalue weighted by molar-refractivity contribution is -0.321. The van der Waals surface area contributed by atoms with Crippen molar-refractivity contribution in [2.45, 2.75) is 357 Å². The number of nitrogens with zero attached hydrogens (tertiary/aromatic N) is 2. The molecule has 0 radical (unpaired) electrons. The van der Waals surface area contributed by atoms with E-state index in [1.807, 2.05) is 58.9 Å². The quantitative estimate of drug-likeness (QED) is 0.00676. The van der Waals surface area contributed by atoms with Gasteiger partial charge >= 0.3 is 18.0 Å². The van der Waals surface area contributed by atoms with Crippen molar-refractivity contribution in [2.24, 2.45) is 39.6 Å². The second-order valence-electron chi connectivity index (χ2n) is 34.6. The third kappa shape index (κ3) is 28.7. The van der Waals surface area contributed by atoms with Crippen LogP contribution in [-0.2, 0) is 109 Å². The maximum atomic E-state index is 14.9. The molecule has 2 bridgehead atoms. The van der Waals surface area contributed by atoms with Gasteiger partial charge in [-0.3, -0.25) is 19.3 Å². The van der Waals surface area contributed by atoms with E-state index in [9.17, 15) is 29.1 Å². The summed E-state index contributed by atoms with van der Waals surface area (Å²) >= 11 is 0. The second kappa shape index (κ2) is 49.7. The number of nitrogens with two attached hydrogens (primary N) is 1. The van der Waals surface area contributed by atoms with Gasteiger partial charge in [-0.15, -0.1) is 0 Å². The number of hydrogen-bond donors (Lipinski definition) is 6. The number of carbonyl (C=O) groups is 3. The average molecular weight is 1720 g/mol. The number of rotatable bonds is 33. The molecule has 8 heterocycles. The summed E-state index contributed by atoms with van der Waals surface area (Å²) in [5, 5.41) is 18.6. The van der Waals surface area contributed by atoms with E-state index in [4.69, 9.17) is 101 Å². The average Bonchev–Trinajstić information content (AvgIpc) is 1.53. The predicted octanol–water partition coefficient (Wildman–Crippen LogP) is 10.9. The number of urea groups is 2. The molecule has 33 nitrogen and oxygen atoms in total. The molecule has 34 heteroatoms. The Kier molecular flexibility index (Phi) is 42.2. The van der Waals surface area contributed by atoms with Crippen molar-refractivity contribution < 1.29 is 124 Å². The van der Waals surface area contributed by atoms with E-state index in [0.29, 0.717) is 76.7 Å². The summed E-state index contributed by atoms with van der Waals surface area (Å²) in [5.74, 6) is 3.18. The van der Waals surface area contributed by atoms with Crippen molar-refractivity contribution >= 4 is 38.5 Å². The zero-order valence-corrected chi connectivity index (χ0v) is 76.0. The summed E-state index contributed by atoms with van der Waals surface area (Å²) in [6, 6.07) is -0.851. The zero-order valence-electron chi connectivity index (χ0n) is 75.0. The summed E-state index contributed by atoms with van der Waals surface area (Å²) in [6.45, 7) is 33.4. The molecular formula is C86H145N7O26Si. The molecule has 1 spiro atoms. The fourth-order valence-corrected chi connectivity index (χ4v) is 17.9. The minimum atomic E-state index is -2.38. The van der Waals surface area contributed by atoms with E-state index in [1.54, 1.807) is 42.7 Å². The first-order valence-corrected chi connectivity index (χ1v) is 46.0. The minimum absolute atomic E-state index is 0.0878. The maximum Gasteiger partial charge on any atom is 0.338 e. The van der Waals surface area contributed by atoms with Gasteiger partial charge in [-0.2, -0.15) is 0 Å². The summed E-state index contributed by atoms with van der Waals surface area (Å²) in [7, 11) is 7.24. The van der Waals surface area contributed by atoms with Crippen LogP contribution in [0.25, 0.3) is 0 Å². The SMILES string of the molecule is CC[C@@H](C)[C@H]1O[C@]2(C=C[C@@H]1C)C[C@@H]1C[C@@H](C/C=C(\C)[C@@H](O[C@H]3C[C@H](OC)[C@@H](O[C@H]4C[C@H](OC)[C@H](ON)[C@H](C)O4)[C@H](C)O3)[C@@H](C)/C=C/C=C3\CO[C@@H]4[C@H](O[Si](C)(C)C(C)(C)C)C(C)=C[C@@H](C(=O)O1)[C@]34O)O2.CO[C@H]1C[C@H](OC)[C@H](ONC(=O)NCCCCCCNC(=O)NO[C@@H]2[C@H](C)O[C@@H](OC)C[C@@H]2OC)[C@H](C)O1.O=C=NCCCCCCN=C=O. The summed E-state index contributed by atoms with van der Waals surface area (Å²) in [6.07, 6.45) is 19.1. The Morgan fingerprint density at radius 1 is 0.642 bits per heavy atom. The van der Waals surface area contributed by atoms with Gasteiger partial charge in [-0.25, -0.2) is 46.0 Å². The molecule has 120 heavy (non-hydrogen) atoms. The van der Waals surface area contributed by atoms with Crippen molar-refractivity contribution in [3.05, 3.63) is 59.3 Å². The Morgan fingerprint density at radius 3 is 1.66 bits per heavy atom. The summed E-state index contributed by atoms with van der Waals surface area (Å²) < 4.78 is 105. The van der Waals surface area contributed by atoms with Crippen LogP contribution < -0.4 is 27.5 Å². The molecule has 4 amide bonds. The van der Waals surface area contributed by atoms with Crippen LogP contribution in [0, 0.1) is 23.7 Å². The Balaban J connectivity index is 0.000000330. The first-order chi connectivity index (χ1) is 57.2. The van der Waals surface area contributed by atoms with E-state index in [0.717, 1.165) is 68.9 Å². The Hall–Kier alpha value is -5.15. The number of isocyanates is 2. The number of amides is 4. The number of aliphatic imine (C=N–C) groups is 2. The highest BCUT2D eigenvalue weighted by Crippen LogP contribution is 2.50. The minimum Gasteiger partial charge on any atom is -0.462 e. The molecule has 0 aromatic heterocycles. The summed E-state index contributed by atoms with van der Waals surface area (Å²) in [5.41, 5.74) is 5.49. The van der Waals surface area contributed by atoms with Crippen molar-refractivity contribution in [3.63, 3.8) is 0 Å². The molecular weight excluding hydrogens is 1580 g/mol. The molecule has 6 fully saturated rings. The highest BCUT2D eigenvalue weighted by molar-refractivity contribution is 6.74. The number of ether oxygens (including phenoxy) is 16. The number of aliphatic hydroxyl groups is 1. The number of unbranched alkanes of at least 4 members (excludes halogenated alkanes) is 6. The Bertz CT molecular complexity index is 3320. The van der Waals surface area contributed by atoms with Gasteiger partial charge in [-0.05, 0) is 120 Å². The molecule has 9 aliphatic rings. The van der Waals surface area contributed by atoms with Crippen LogP contribution in [0.1, 0.15) is 193 Å². The van der Waals surface area contributed by atoms with Crippen LogP contribution in [0.2, 0.25) is 18.1 Å². The Labute approximate surface area is 712 Å². The van der Waals surface area contributed by atoms with Crippen molar-refractivity contribution in [3.8, 4) is 0 Å². The van der Waals surface area contributed by atoms with Crippen molar-refractivity contribution in [2.75, 3.05) is 75.4 Å². The fraction of sp³-hybridized carbons (Fsp3) is 0.826. The van der Waals surface area contributed by atoms with Gasteiger partial charge in [0.05, 0.1) is 92.9 Å². The fourth-order valence-electron chi connectivity index (χ4n) is 16.6. The standard InChI is InChI=1S/C54H87NO14Si.C24H46N4O10.C8H12N2O2/c1-16-30(2)46-33(5)22-23-53(67-46)28-39-25-38(66-53)21-20-32(4)45(64-43-26-41(58-12)48(35(7)61-43)65-44-27-42(59-13)49(68-55)36(8)62-44)31(3)18-17-19-37-29-60-50-47(69-70(14,15)52(9,10)11)34(6)24-40(51(56)63-39)54(37,50)57;1-15-21(17(31-3)13-19(33-5)35-15)37-27-23(29)25-11-9-7-8-10-12-26-24(30)28-38-22-16(2)36-20(34-6)14-18(22)32-4;11-7-9-5-3-1-2-4-6-10-8-12/h17-20,22-24,30-31,33,35-36,38-50,57H,16,21,25-29,55H2,1-15H3;15-22H,7-14H2,1-6H3,(H2,25,27,29)(H2,26,28,30);1-6H2/b18-17+,32-20+,37-19+;;/t30-,31+,33+,35+,36+,38-,39+,40+,41+,42+,43+,44+,45+,46-,47-,48+,49-,50-,53-,54-;15-,16-,17-,18-,19+,20+,21+,22+;/m10./s1. The third-order valence-corrected chi connectivity index (χ3v) is 29.3. The van der Waals surface area contributed by atoms with E-state index in [-0.39, 0.29) is 96.9 Å². The van der Waals surface area contributed by atoms with Crippen LogP contribution in [0.15, 0.2) is 69.2 Å². The molecule has 7 N–H and O–H groups in total. The molecule has 0 unspecified atom stereocenters. The van der Waals surface area contributed by atoms with Crippen LogP contribution in [0.5, 0.6) is 0 Å². The topological polar surface area (TPSA) is 389 Å². The molecule has 6 saturated heterocycles. The molecule has 0 aromatic rings. The van der Waals surface area contributed by atoms with Gasteiger partial charge in [0.1, 0.15) is 48.1 Å². The molecule has 9 rings (SSSR count). The molecule has 1 aliphatic carbocycles. The zero-order chi connectivity index (χ0) is 88.1. The summed E-state index contributed by atoms with van der Waals surface area (Å²) in [4.78, 5) is 81.3. The molecule has 8 aliphatic heterocycles. The van der Waals surface area contributed by atoms with Gasteiger partial charge in [0.15, 0.2) is 39.3 Å². The van der Waals surface area contributed by atoms with Crippen LogP contribution >= 0.6 is 0 Å². The highest BCUT2D eigenvalue weighted by Gasteiger charge is 2.62. The van der Waals surface area contributed by atoms with Crippen molar-refractivity contribution in [1.82, 2.24) is 21.6 Å². The maximum absolute atomic E-state index is 14.9. The number of fused-ring (bicyclic) bond motifs is 2. The lowest BCUT2D eigenvalue weighted by Gasteiger charge is -2.49. The molecule has 0 aromatic carbocycles. The van der Waals surface area contributed by atoms with E-state index in [2.05, 4.69) is 118 Å². The van der Waals surface area contributed by atoms with Gasteiger partial charge < -0.3 is 96.0 Å². The molecule has 684 valence electrons. The van der Waals surface area contributed by atoms with Crippen LogP contribution in [0.4, 0.5) is 9.59 Å². The first kappa shape index (κ1) is 102. The monoisotopic (exact) mass is 1720 g/mol. The second-order valence-corrected chi connectivity index (χ2v) is 39.4.